The van der Waals surface area contributed by atoms with Crippen LogP contribution in [0.25, 0.3) is 0 Å². The fourth-order valence-corrected chi connectivity index (χ4v) is 3.87. The highest BCUT2D eigenvalue weighted by Crippen LogP contribution is 2.61. The van der Waals surface area contributed by atoms with Crippen LogP contribution in [-0.2, 0) is 4.57 Å². The molecule has 1 unspecified atom stereocenters. The summed E-state index contributed by atoms with van der Waals surface area (Å²) in [6.07, 6.45) is -0.344. The third-order valence-electron chi connectivity index (χ3n) is 2.26. The van der Waals surface area contributed by atoms with E-state index < -0.39 is 12.6 Å². The minimum absolute atomic E-state index is 0.344. The van der Waals surface area contributed by atoms with Crippen LogP contribution in [0.15, 0.2) is 0 Å². The first-order valence-electron chi connectivity index (χ1n) is 3.61. The molecule has 1 heterocycles. The summed E-state index contributed by atoms with van der Waals surface area (Å²) in [5, 5.41) is 11.8. The molecule has 12 heavy (non-hydrogen) atoms. The molecule has 1 rings (SSSR count). The summed E-state index contributed by atoms with van der Waals surface area (Å²) in [7, 11) is -1.12. The lowest BCUT2D eigenvalue weighted by Gasteiger charge is -2.27. The van der Waals surface area contributed by atoms with Crippen molar-refractivity contribution in [3.8, 4) is 0 Å². The highest BCUT2D eigenvalue weighted by molar-refractivity contribution is 7.81. The van der Waals surface area contributed by atoms with E-state index in [0.717, 1.165) is 0 Å². The van der Waals surface area contributed by atoms with Crippen LogP contribution >= 0.6 is 19.5 Å². The van der Waals surface area contributed by atoms with Crippen molar-refractivity contribution in [2.45, 2.75) is 19.1 Å². The number of hydrogen-bond donors (Lipinski definition) is 2. The number of aliphatic hydroxyl groups excluding tert-OH is 1. The van der Waals surface area contributed by atoms with Crippen LogP contribution in [0.1, 0.15) is 13.8 Å². The first kappa shape index (κ1) is 9.96. The van der Waals surface area contributed by atoms with E-state index in [0.29, 0.717) is 5.11 Å². The summed E-state index contributed by atoms with van der Waals surface area (Å²) in [6, 6.07) is 0. The molecule has 2 N–H and O–H groups in total. The van der Waals surface area contributed by atoms with Gasteiger partial charge in [0, 0.05) is 7.05 Å². The van der Waals surface area contributed by atoms with Gasteiger partial charge >= 0.3 is 0 Å². The second kappa shape index (κ2) is 2.69. The highest BCUT2D eigenvalue weighted by Gasteiger charge is 2.50. The predicted molar refractivity (Wildman–Crippen MR) is 52.3 cm³/mol. The smallest absolute Gasteiger partial charge is 0.222 e. The topological polar surface area (TPSA) is 52.6 Å². The first-order chi connectivity index (χ1) is 5.35. The Morgan fingerprint density at radius 2 is 2.25 bits per heavy atom. The average molecular weight is 208 g/mol. The molecule has 0 amide bonds. The van der Waals surface area contributed by atoms with E-state index in [2.05, 4.69) is 5.32 Å². The standard InChI is InChI=1S/C6H13N2O2PS/c1-6(2)7-5(12)8(3)11(6,10)4-9/h9H,4H2,1-3H3,(H,7,12). The molecule has 1 aliphatic heterocycles. The molecule has 0 bridgehead atoms. The van der Waals surface area contributed by atoms with Crippen LogP contribution in [-0.4, -0.2) is 33.6 Å². The molecule has 4 nitrogen and oxygen atoms in total. The van der Waals surface area contributed by atoms with Crippen molar-refractivity contribution in [1.82, 2.24) is 9.99 Å². The lowest BCUT2D eigenvalue weighted by molar-refractivity contribution is 0.344. The monoisotopic (exact) mass is 208 g/mol. The Bertz CT molecular complexity index is 266. The van der Waals surface area contributed by atoms with Gasteiger partial charge in [0.25, 0.3) is 0 Å². The maximum Gasteiger partial charge on any atom is 0.222 e. The number of rotatable bonds is 1. The lowest BCUT2D eigenvalue weighted by atomic mass is 10.4. The van der Waals surface area contributed by atoms with Crippen molar-refractivity contribution in [2.75, 3.05) is 13.4 Å². The van der Waals surface area contributed by atoms with Crippen molar-refractivity contribution in [3.63, 3.8) is 0 Å². The van der Waals surface area contributed by atoms with Crippen molar-refractivity contribution in [1.29, 1.82) is 0 Å². The Labute approximate surface area is 77.4 Å². The van der Waals surface area contributed by atoms with E-state index >= 15 is 0 Å². The van der Waals surface area contributed by atoms with Gasteiger partial charge in [-0.1, -0.05) is 0 Å². The van der Waals surface area contributed by atoms with E-state index in [1.165, 1.54) is 4.67 Å². The molecule has 0 saturated carbocycles. The number of hydrogen-bond acceptors (Lipinski definition) is 3. The molecular formula is C6H13N2O2PS. The first-order valence-corrected chi connectivity index (χ1v) is 5.87. The maximum absolute atomic E-state index is 12.1. The van der Waals surface area contributed by atoms with Gasteiger partial charge in [0.1, 0.15) is 11.6 Å². The Kier molecular flexibility index (Phi) is 2.23. The predicted octanol–water partition coefficient (Wildman–Crippen LogP) is 0.770. The minimum Gasteiger partial charge on any atom is -0.387 e. The van der Waals surface area contributed by atoms with Crippen molar-refractivity contribution in [2.24, 2.45) is 0 Å². The van der Waals surface area contributed by atoms with Crippen molar-refractivity contribution >= 4 is 24.6 Å². The summed E-state index contributed by atoms with van der Waals surface area (Å²) >= 11 is 4.94. The minimum atomic E-state index is -2.76. The summed E-state index contributed by atoms with van der Waals surface area (Å²) in [6.45, 7) is 3.56. The molecule has 0 aromatic rings. The summed E-state index contributed by atoms with van der Waals surface area (Å²) < 4.78 is 13.6. The summed E-state index contributed by atoms with van der Waals surface area (Å²) in [5.74, 6) is 0. The lowest BCUT2D eigenvalue weighted by Crippen LogP contribution is -2.34. The molecule has 1 atom stereocenters. The largest absolute Gasteiger partial charge is 0.387 e. The van der Waals surface area contributed by atoms with Gasteiger partial charge in [-0.15, -0.1) is 0 Å². The van der Waals surface area contributed by atoms with Crippen LogP contribution in [0, 0.1) is 0 Å². The SMILES string of the molecule is CN1C(=S)NC(C)(C)P1(=O)CO. The average Bonchev–Trinajstić information content (AvgIpc) is 2.12. The quantitative estimate of drug-likeness (QED) is 0.492. The Balaban J connectivity index is 3.14. The van der Waals surface area contributed by atoms with Crippen molar-refractivity contribution in [3.05, 3.63) is 0 Å². The van der Waals surface area contributed by atoms with Gasteiger partial charge in [-0.25, -0.2) is 0 Å². The van der Waals surface area contributed by atoms with Gasteiger partial charge in [0.2, 0.25) is 7.29 Å². The maximum atomic E-state index is 12.1. The molecule has 0 aliphatic carbocycles. The number of aliphatic hydroxyl groups is 1. The molecule has 0 radical (unpaired) electrons. The Morgan fingerprint density at radius 3 is 2.42 bits per heavy atom. The van der Waals surface area contributed by atoms with E-state index in [4.69, 9.17) is 17.3 Å². The molecule has 70 valence electrons. The second-order valence-corrected chi connectivity index (χ2v) is 7.15. The van der Waals surface area contributed by atoms with Crippen LogP contribution in [0.5, 0.6) is 0 Å². The van der Waals surface area contributed by atoms with Crippen LogP contribution < -0.4 is 5.32 Å². The van der Waals surface area contributed by atoms with Gasteiger partial charge in [-0.05, 0) is 26.1 Å². The third kappa shape index (κ3) is 1.08. The van der Waals surface area contributed by atoms with Crippen LogP contribution in [0.3, 0.4) is 0 Å². The van der Waals surface area contributed by atoms with E-state index in [-0.39, 0.29) is 6.35 Å². The fourth-order valence-electron chi connectivity index (χ4n) is 1.22. The van der Waals surface area contributed by atoms with Crippen LogP contribution in [0.2, 0.25) is 0 Å². The molecule has 1 saturated heterocycles. The number of thiocarbonyl (C=S) groups is 1. The van der Waals surface area contributed by atoms with Crippen molar-refractivity contribution < 1.29 is 9.67 Å². The molecule has 0 aromatic carbocycles. The Morgan fingerprint density at radius 1 is 1.75 bits per heavy atom. The van der Waals surface area contributed by atoms with Crippen LogP contribution in [0.4, 0.5) is 0 Å². The molecule has 1 fully saturated rings. The van der Waals surface area contributed by atoms with E-state index in [1.807, 2.05) is 0 Å². The zero-order valence-corrected chi connectivity index (χ0v) is 9.08. The fraction of sp³-hybridized carbons (Fsp3) is 0.833. The zero-order chi connectivity index (χ0) is 9.57. The summed E-state index contributed by atoms with van der Waals surface area (Å²) in [4.78, 5) is 0. The van der Waals surface area contributed by atoms with E-state index in [1.54, 1.807) is 20.9 Å². The van der Waals surface area contributed by atoms with Gasteiger partial charge < -0.3 is 10.4 Å². The van der Waals surface area contributed by atoms with Gasteiger partial charge in [-0.3, -0.25) is 9.24 Å². The number of nitrogens with one attached hydrogen (secondary N) is 1. The second-order valence-electron chi connectivity index (χ2n) is 3.36. The zero-order valence-electron chi connectivity index (χ0n) is 7.37. The summed E-state index contributed by atoms with van der Waals surface area (Å²) in [5.41, 5.74) is 0. The molecule has 0 spiro atoms. The normalized spacial score (nSPS) is 33.7. The Hall–Kier alpha value is -0.120. The van der Waals surface area contributed by atoms with Gasteiger partial charge in [0.05, 0.1) is 0 Å². The van der Waals surface area contributed by atoms with Gasteiger partial charge in [-0.2, -0.15) is 0 Å². The van der Waals surface area contributed by atoms with Gasteiger partial charge in [0.15, 0.2) is 5.11 Å². The highest BCUT2D eigenvalue weighted by atomic mass is 32.1. The number of nitrogens with zero attached hydrogens (tertiary/aromatic N) is 1. The molecule has 6 heteroatoms. The third-order valence-corrected chi connectivity index (χ3v) is 6.18. The molecule has 0 aromatic heterocycles. The molecular weight excluding hydrogens is 195 g/mol. The molecule has 1 aliphatic rings. The van der Waals surface area contributed by atoms with E-state index in [9.17, 15) is 4.57 Å².